The number of amidine groups is 1. The van der Waals surface area contributed by atoms with Crippen LogP contribution in [0.4, 0.5) is 0 Å². The number of hydrogen-bond acceptors (Lipinski definition) is 4. The molecule has 0 saturated carbocycles. The van der Waals surface area contributed by atoms with Gasteiger partial charge in [-0.05, 0) is 34.5 Å². The van der Waals surface area contributed by atoms with Crippen molar-refractivity contribution in [2.75, 3.05) is 0 Å². The van der Waals surface area contributed by atoms with Crippen molar-refractivity contribution in [2.24, 2.45) is 4.99 Å². The van der Waals surface area contributed by atoms with E-state index in [0.717, 1.165) is 28.5 Å². The minimum absolute atomic E-state index is 0.234. The summed E-state index contributed by atoms with van der Waals surface area (Å²) >= 11 is 1.16. The summed E-state index contributed by atoms with van der Waals surface area (Å²) in [7, 11) is 0. The monoisotopic (exact) mass is 331 g/mol. The molecule has 1 fully saturated rings. The first-order valence-corrected chi connectivity index (χ1v) is 8.07. The van der Waals surface area contributed by atoms with Gasteiger partial charge in [-0.25, -0.2) is 0 Å². The van der Waals surface area contributed by atoms with Crippen molar-refractivity contribution in [3.05, 3.63) is 76.2 Å². The first kappa shape index (κ1) is 15.8. The second-order valence-corrected chi connectivity index (χ2v) is 6.02. The summed E-state index contributed by atoms with van der Waals surface area (Å²) in [5.74, 6) is -0.234. The summed E-state index contributed by atoms with van der Waals surface area (Å²) in [6.45, 7) is 0. The van der Waals surface area contributed by atoms with Crippen LogP contribution < -0.4 is 5.32 Å². The number of aliphatic imine (C=N–C) groups is 1. The molecule has 1 amide bonds. The van der Waals surface area contributed by atoms with Crippen molar-refractivity contribution >= 4 is 41.1 Å². The van der Waals surface area contributed by atoms with Gasteiger partial charge in [-0.15, -0.1) is 4.99 Å². The average molecular weight is 331 g/mol. The van der Waals surface area contributed by atoms with E-state index in [2.05, 4.69) is 16.4 Å². The first-order valence-electron chi connectivity index (χ1n) is 7.25. The fraction of sp³-hybridized carbons (Fsp3) is 0. The molecule has 0 atom stereocenters. The second kappa shape index (κ2) is 7.44. The lowest BCUT2D eigenvalue weighted by molar-refractivity contribution is -0.115. The third kappa shape index (κ3) is 4.00. The summed E-state index contributed by atoms with van der Waals surface area (Å²) in [5, 5.41) is 11.4. The van der Waals surface area contributed by atoms with Crippen LogP contribution in [0.2, 0.25) is 0 Å². The molecule has 1 aliphatic heterocycles. The number of carbonyl (C=O) groups excluding carboxylic acids is 1. The zero-order chi connectivity index (χ0) is 16.8. The number of amides is 1. The molecule has 1 heterocycles. The normalized spacial score (nSPS) is 17.4. The van der Waals surface area contributed by atoms with Crippen LogP contribution in [0.25, 0.3) is 18.2 Å². The van der Waals surface area contributed by atoms with Gasteiger partial charge in [-0.2, -0.15) is 5.26 Å². The Bertz CT molecular complexity index is 875. The summed E-state index contributed by atoms with van der Waals surface area (Å²) < 4.78 is 0. The highest BCUT2D eigenvalue weighted by Crippen LogP contribution is 2.26. The number of benzene rings is 2. The lowest BCUT2D eigenvalue weighted by atomic mass is 10.1. The van der Waals surface area contributed by atoms with E-state index < -0.39 is 0 Å². The number of nitriles is 1. The van der Waals surface area contributed by atoms with E-state index in [0.29, 0.717) is 10.1 Å². The van der Waals surface area contributed by atoms with Gasteiger partial charge in [0.25, 0.3) is 5.91 Å². The molecule has 3 rings (SSSR count). The highest BCUT2D eigenvalue weighted by Gasteiger charge is 2.23. The first-order chi connectivity index (χ1) is 11.7. The summed E-state index contributed by atoms with van der Waals surface area (Å²) in [5.41, 5.74) is 3.14. The van der Waals surface area contributed by atoms with E-state index in [-0.39, 0.29) is 5.91 Å². The van der Waals surface area contributed by atoms with E-state index in [1.807, 2.05) is 60.7 Å². The van der Waals surface area contributed by atoms with Gasteiger partial charge in [0.15, 0.2) is 5.17 Å². The molecule has 0 aromatic heterocycles. The molecule has 1 aliphatic rings. The van der Waals surface area contributed by atoms with E-state index in [4.69, 9.17) is 5.26 Å². The zero-order valence-corrected chi connectivity index (χ0v) is 13.5. The maximum atomic E-state index is 11.8. The van der Waals surface area contributed by atoms with Crippen molar-refractivity contribution in [3.63, 3.8) is 0 Å². The Hall–Kier alpha value is -3.10. The summed E-state index contributed by atoms with van der Waals surface area (Å²) in [4.78, 5) is 15.8. The van der Waals surface area contributed by atoms with Gasteiger partial charge >= 0.3 is 0 Å². The largest absolute Gasteiger partial charge is 0.300 e. The SMILES string of the molecule is N#CN=C1NC(=O)C(=Cc2ccc(C=Cc3ccccc3)cc2)S1. The minimum Gasteiger partial charge on any atom is -0.300 e. The Morgan fingerprint density at radius 2 is 1.58 bits per heavy atom. The molecule has 0 spiro atoms. The van der Waals surface area contributed by atoms with Crippen LogP contribution in [0.5, 0.6) is 0 Å². The Balaban J connectivity index is 1.72. The van der Waals surface area contributed by atoms with Gasteiger partial charge < -0.3 is 0 Å². The summed E-state index contributed by atoms with van der Waals surface area (Å²) in [6.07, 6.45) is 7.55. The van der Waals surface area contributed by atoms with Crippen molar-refractivity contribution in [1.29, 1.82) is 5.26 Å². The van der Waals surface area contributed by atoms with Crippen LogP contribution >= 0.6 is 11.8 Å². The molecule has 2 aromatic carbocycles. The second-order valence-electron chi connectivity index (χ2n) is 4.99. The molecular weight excluding hydrogens is 318 g/mol. The number of nitrogens with zero attached hydrogens (tertiary/aromatic N) is 2. The van der Waals surface area contributed by atoms with Crippen LogP contribution in [0.3, 0.4) is 0 Å². The van der Waals surface area contributed by atoms with E-state index in [1.54, 1.807) is 12.3 Å². The molecule has 2 aromatic rings. The van der Waals surface area contributed by atoms with E-state index in [9.17, 15) is 4.79 Å². The minimum atomic E-state index is -0.234. The molecule has 4 nitrogen and oxygen atoms in total. The van der Waals surface area contributed by atoms with Crippen LogP contribution in [0, 0.1) is 11.5 Å². The van der Waals surface area contributed by atoms with Gasteiger partial charge in [0.05, 0.1) is 4.91 Å². The van der Waals surface area contributed by atoms with Gasteiger partial charge in [0.2, 0.25) is 6.19 Å². The molecule has 1 N–H and O–H groups in total. The van der Waals surface area contributed by atoms with Gasteiger partial charge in [-0.3, -0.25) is 10.1 Å². The molecule has 0 radical (unpaired) electrons. The van der Waals surface area contributed by atoms with E-state index in [1.165, 1.54) is 0 Å². The smallest absolute Gasteiger partial charge is 0.264 e. The van der Waals surface area contributed by atoms with Crippen molar-refractivity contribution in [3.8, 4) is 6.19 Å². The number of nitrogens with one attached hydrogen (secondary N) is 1. The molecule has 24 heavy (non-hydrogen) atoms. The predicted molar refractivity (Wildman–Crippen MR) is 98.6 cm³/mol. The molecule has 0 bridgehead atoms. The van der Waals surface area contributed by atoms with Gasteiger partial charge in [0, 0.05) is 0 Å². The standard InChI is InChI=1S/C19H13N3OS/c20-13-21-19-22-18(23)17(24-19)12-16-10-8-15(9-11-16)7-6-14-4-2-1-3-5-14/h1-12H,(H,21,22,23). The fourth-order valence-electron chi connectivity index (χ4n) is 2.14. The van der Waals surface area contributed by atoms with Crippen LogP contribution in [-0.2, 0) is 4.79 Å². The Labute approximate surface area is 144 Å². The van der Waals surface area contributed by atoms with Gasteiger partial charge in [0.1, 0.15) is 0 Å². The number of carbonyl (C=O) groups is 1. The third-order valence-electron chi connectivity index (χ3n) is 3.30. The van der Waals surface area contributed by atoms with Crippen LogP contribution in [-0.4, -0.2) is 11.1 Å². The third-order valence-corrected chi connectivity index (χ3v) is 4.21. The topological polar surface area (TPSA) is 65.2 Å². The van der Waals surface area contributed by atoms with Gasteiger partial charge in [-0.1, -0.05) is 66.7 Å². The highest BCUT2D eigenvalue weighted by molar-refractivity contribution is 8.18. The maximum absolute atomic E-state index is 11.8. The fourth-order valence-corrected chi connectivity index (χ4v) is 2.91. The zero-order valence-electron chi connectivity index (χ0n) is 12.6. The highest BCUT2D eigenvalue weighted by atomic mass is 32.2. The Morgan fingerprint density at radius 1 is 0.958 bits per heavy atom. The molecule has 116 valence electrons. The van der Waals surface area contributed by atoms with E-state index >= 15 is 0 Å². The maximum Gasteiger partial charge on any atom is 0.264 e. The number of thioether (sulfide) groups is 1. The molecule has 5 heteroatoms. The lowest BCUT2D eigenvalue weighted by Crippen LogP contribution is -2.19. The van der Waals surface area contributed by atoms with Crippen molar-refractivity contribution in [2.45, 2.75) is 0 Å². The quantitative estimate of drug-likeness (QED) is 0.527. The average Bonchev–Trinajstić information content (AvgIpc) is 2.95. The Morgan fingerprint density at radius 3 is 2.25 bits per heavy atom. The summed E-state index contributed by atoms with van der Waals surface area (Å²) in [6, 6.07) is 18.0. The molecular formula is C19H13N3OS. The van der Waals surface area contributed by atoms with Crippen LogP contribution in [0.1, 0.15) is 16.7 Å². The van der Waals surface area contributed by atoms with Crippen molar-refractivity contribution in [1.82, 2.24) is 5.32 Å². The predicted octanol–water partition coefficient (Wildman–Crippen LogP) is 3.90. The number of rotatable bonds is 3. The van der Waals surface area contributed by atoms with Crippen molar-refractivity contribution < 1.29 is 4.79 Å². The number of hydrogen-bond donors (Lipinski definition) is 1. The molecule has 1 saturated heterocycles. The van der Waals surface area contributed by atoms with Crippen LogP contribution in [0.15, 0.2) is 64.5 Å². The Kier molecular flexibility index (Phi) is 4.90. The molecule has 0 aliphatic carbocycles. The molecule has 0 unspecified atom stereocenters. The lowest BCUT2D eigenvalue weighted by Gasteiger charge is -1.98.